The van der Waals surface area contributed by atoms with Gasteiger partial charge in [0.1, 0.15) is 11.6 Å². The fourth-order valence-electron chi connectivity index (χ4n) is 2.67. The molecule has 0 bridgehead atoms. The lowest BCUT2D eigenvalue weighted by atomic mass is 10.3. The molecule has 0 aliphatic carbocycles. The molecule has 0 amide bonds. The number of furan rings is 1. The summed E-state index contributed by atoms with van der Waals surface area (Å²) < 4.78 is 37.5. The van der Waals surface area contributed by atoms with Gasteiger partial charge in [-0.05, 0) is 36.2 Å². The van der Waals surface area contributed by atoms with Gasteiger partial charge >= 0.3 is 0 Å². The Morgan fingerprint density at radius 2 is 1.90 bits per heavy atom. The van der Waals surface area contributed by atoms with Crippen molar-refractivity contribution in [2.75, 3.05) is 4.72 Å². The maximum atomic E-state index is 14.5. The lowest BCUT2D eigenvalue weighted by molar-refractivity contribution is 0.574. The molecule has 1 aromatic carbocycles. The van der Waals surface area contributed by atoms with E-state index in [9.17, 15) is 8.78 Å². The topological polar surface area (TPSA) is 81.7 Å². The van der Waals surface area contributed by atoms with Crippen molar-refractivity contribution in [2.24, 2.45) is 0 Å². The molecule has 1 N–H and O–H groups in total. The highest BCUT2D eigenvalue weighted by Crippen LogP contribution is 2.29. The van der Waals surface area contributed by atoms with Gasteiger partial charge in [-0.1, -0.05) is 19.1 Å². The van der Waals surface area contributed by atoms with Gasteiger partial charge in [0.2, 0.25) is 11.8 Å². The first kappa shape index (κ1) is 19.1. The average Bonchev–Trinajstić information content (AvgIpc) is 3.38. The van der Waals surface area contributed by atoms with E-state index in [0.29, 0.717) is 35.5 Å². The molecule has 0 spiro atoms. The quantitative estimate of drug-likeness (QED) is 0.452. The van der Waals surface area contributed by atoms with Crippen LogP contribution in [0.2, 0.25) is 0 Å². The van der Waals surface area contributed by atoms with Gasteiger partial charge in [0.05, 0.1) is 24.3 Å². The van der Waals surface area contributed by atoms with Gasteiger partial charge in [-0.3, -0.25) is 9.29 Å². The molecule has 1 unspecified atom stereocenters. The third kappa shape index (κ3) is 4.27. The molecular formula is C19H16F2N6OS. The van der Waals surface area contributed by atoms with E-state index >= 15 is 0 Å². The maximum Gasteiger partial charge on any atom is 0.239 e. The third-order valence-corrected chi connectivity index (χ3v) is 4.86. The Morgan fingerprint density at radius 1 is 1.10 bits per heavy atom. The molecule has 0 fully saturated rings. The lowest BCUT2D eigenvalue weighted by Crippen LogP contribution is -2.10. The minimum Gasteiger partial charge on any atom is -0.461 e. The first-order valence-corrected chi connectivity index (χ1v) is 9.62. The summed E-state index contributed by atoms with van der Waals surface area (Å²) >= 11 is 1.35. The molecule has 0 radical (unpaired) electrons. The summed E-state index contributed by atoms with van der Waals surface area (Å²) in [5.41, 5.74) is 0.293. The van der Waals surface area contributed by atoms with E-state index in [2.05, 4.69) is 24.9 Å². The number of aromatic nitrogens is 5. The number of nitrogens with zero attached hydrogens (tertiary/aromatic N) is 5. The van der Waals surface area contributed by atoms with Crippen LogP contribution in [0.5, 0.6) is 0 Å². The van der Waals surface area contributed by atoms with Crippen molar-refractivity contribution >= 4 is 17.9 Å². The van der Waals surface area contributed by atoms with E-state index in [-0.39, 0.29) is 5.25 Å². The number of halogens is 2. The van der Waals surface area contributed by atoms with Gasteiger partial charge in [0, 0.05) is 11.7 Å². The van der Waals surface area contributed by atoms with Crippen LogP contribution < -0.4 is 4.72 Å². The second kappa shape index (κ2) is 8.39. The summed E-state index contributed by atoms with van der Waals surface area (Å²) in [6.07, 6.45) is 4.30. The number of hydrogen-bond donors (Lipinski definition) is 1. The van der Waals surface area contributed by atoms with Gasteiger partial charge in [-0.25, -0.2) is 18.7 Å². The molecule has 3 heterocycles. The van der Waals surface area contributed by atoms with Crippen LogP contribution in [-0.4, -0.2) is 30.0 Å². The molecule has 0 saturated carbocycles. The number of rotatable bonds is 7. The molecule has 1 atom stereocenters. The van der Waals surface area contributed by atoms with E-state index in [4.69, 9.17) is 4.42 Å². The molecule has 4 rings (SSSR count). The molecule has 0 aliphatic rings. The van der Waals surface area contributed by atoms with Crippen molar-refractivity contribution in [3.8, 4) is 17.3 Å². The molecule has 0 aliphatic heterocycles. The monoisotopic (exact) mass is 414 g/mol. The van der Waals surface area contributed by atoms with Crippen LogP contribution >= 0.6 is 11.9 Å². The van der Waals surface area contributed by atoms with Gasteiger partial charge in [0.25, 0.3) is 0 Å². The van der Waals surface area contributed by atoms with Gasteiger partial charge < -0.3 is 4.42 Å². The highest BCUT2D eigenvalue weighted by molar-refractivity contribution is 8.01. The van der Waals surface area contributed by atoms with Gasteiger partial charge in [-0.15, -0.1) is 10.2 Å². The van der Waals surface area contributed by atoms with E-state index in [1.807, 2.05) is 6.92 Å². The van der Waals surface area contributed by atoms with Gasteiger partial charge in [-0.2, -0.15) is 0 Å². The summed E-state index contributed by atoms with van der Waals surface area (Å²) in [6, 6.07) is 9.80. The van der Waals surface area contributed by atoms with Gasteiger partial charge in [0.15, 0.2) is 11.6 Å². The highest BCUT2D eigenvalue weighted by atomic mass is 32.2. The molecular weight excluding hydrogens is 398 g/mol. The second-order valence-corrected chi connectivity index (χ2v) is 7.41. The zero-order chi connectivity index (χ0) is 20.2. The Labute approximate surface area is 169 Å². The standard InChI is InChI=1S/C19H16F2N6OS/c1-12(9-17-22-10-13(20)11-23-17)29-26-19-25-24-18(16-7-4-8-28-16)27(19)15-6-3-2-5-14(15)21/h2-8,10-12H,9H2,1H3,(H,25,26). The van der Waals surface area contributed by atoms with Crippen molar-refractivity contribution < 1.29 is 13.2 Å². The Bertz CT molecular complexity index is 1080. The molecule has 7 nitrogen and oxygen atoms in total. The number of anilines is 1. The molecule has 4 aromatic rings. The second-order valence-electron chi connectivity index (χ2n) is 6.16. The maximum absolute atomic E-state index is 14.5. The van der Waals surface area contributed by atoms with E-state index in [1.54, 1.807) is 34.9 Å². The Hall–Kier alpha value is -3.27. The molecule has 10 heteroatoms. The van der Waals surface area contributed by atoms with Crippen LogP contribution in [0, 0.1) is 11.6 Å². The minimum atomic E-state index is -0.476. The fourth-order valence-corrected chi connectivity index (χ4v) is 3.34. The van der Waals surface area contributed by atoms with E-state index < -0.39 is 11.6 Å². The van der Waals surface area contributed by atoms with Crippen molar-refractivity contribution in [1.29, 1.82) is 0 Å². The summed E-state index contributed by atoms with van der Waals surface area (Å²) in [4.78, 5) is 7.93. The van der Waals surface area contributed by atoms with E-state index in [1.165, 1.54) is 24.3 Å². The molecule has 148 valence electrons. The third-order valence-electron chi connectivity index (χ3n) is 3.99. The Balaban J connectivity index is 1.57. The van der Waals surface area contributed by atoms with Crippen molar-refractivity contribution in [3.05, 3.63) is 72.5 Å². The summed E-state index contributed by atoms with van der Waals surface area (Å²) in [5.74, 6) is 0.819. The predicted molar refractivity (Wildman–Crippen MR) is 105 cm³/mol. The lowest BCUT2D eigenvalue weighted by Gasteiger charge is -2.14. The smallest absolute Gasteiger partial charge is 0.239 e. The van der Waals surface area contributed by atoms with Crippen molar-refractivity contribution in [1.82, 2.24) is 24.7 Å². The zero-order valence-corrected chi connectivity index (χ0v) is 16.1. The summed E-state index contributed by atoms with van der Waals surface area (Å²) in [7, 11) is 0. The normalized spacial score (nSPS) is 12.1. The molecule has 29 heavy (non-hydrogen) atoms. The molecule has 3 aromatic heterocycles. The van der Waals surface area contributed by atoms with Crippen LogP contribution in [0.1, 0.15) is 12.7 Å². The first-order valence-electron chi connectivity index (χ1n) is 8.74. The Kier molecular flexibility index (Phi) is 5.52. The van der Waals surface area contributed by atoms with Crippen LogP contribution in [-0.2, 0) is 6.42 Å². The number of benzene rings is 1. The zero-order valence-electron chi connectivity index (χ0n) is 15.3. The van der Waals surface area contributed by atoms with Crippen molar-refractivity contribution in [3.63, 3.8) is 0 Å². The SMILES string of the molecule is CC(Cc1ncc(F)cn1)SNc1nnc(-c2ccco2)n1-c1ccccc1F. The Morgan fingerprint density at radius 3 is 2.62 bits per heavy atom. The number of nitrogens with one attached hydrogen (secondary N) is 1. The minimum absolute atomic E-state index is 0.0262. The van der Waals surface area contributed by atoms with Crippen molar-refractivity contribution in [2.45, 2.75) is 18.6 Å². The fraction of sp³-hybridized carbons (Fsp3) is 0.158. The average molecular weight is 414 g/mol. The highest BCUT2D eigenvalue weighted by Gasteiger charge is 2.20. The largest absolute Gasteiger partial charge is 0.461 e. The van der Waals surface area contributed by atoms with Crippen LogP contribution in [0.3, 0.4) is 0 Å². The van der Waals surface area contributed by atoms with Crippen LogP contribution in [0.15, 0.2) is 59.5 Å². The number of para-hydroxylation sites is 1. The summed E-state index contributed by atoms with van der Waals surface area (Å²) in [6.45, 7) is 1.96. The molecule has 0 saturated heterocycles. The van der Waals surface area contributed by atoms with Crippen LogP contribution in [0.4, 0.5) is 14.7 Å². The van der Waals surface area contributed by atoms with Crippen LogP contribution in [0.25, 0.3) is 17.3 Å². The van der Waals surface area contributed by atoms with E-state index in [0.717, 1.165) is 12.4 Å². The number of hydrogen-bond acceptors (Lipinski definition) is 7. The summed E-state index contributed by atoms with van der Waals surface area (Å²) in [5, 5.41) is 8.34. The first-order chi connectivity index (χ1) is 14.1. The predicted octanol–water partition coefficient (Wildman–Crippen LogP) is 4.29.